The van der Waals surface area contributed by atoms with Gasteiger partial charge < -0.3 is 0 Å². The van der Waals surface area contributed by atoms with Gasteiger partial charge in [-0.2, -0.15) is 0 Å². The molecule has 0 radical (unpaired) electrons. The highest BCUT2D eigenvalue weighted by Gasteiger charge is 2.35. The van der Waals surface area contributed by atoms with Crippen LogP contribution in [0, 0.1) is 0 Å². The molecule has 24 heavy (non-hydrogen) atoms. The Hall–Kier alpha value is -2.74. The van der Waals surface area contributed by atoms with Crippen LogP contribution in [0.4, 0.5) is 0 Å². The summed E-state index contributed by atoms with van der Waals surface area (Å²) >= 11 is 0. The van der Waals surface area contributed by atoms with Crippen LogP contribution in [0.5, 0.6) is 0 Å². The van der Waals surface area contributed by atoms with Crippen molar-refractivity contribution in [3.05, 3.63) is 89.5 Å². The van der Waals surface area contributed by atoms with Gasteiger partial charge in [-0.3, -0.25) is 9.59 Å². The maximum Gasteiger partial charge on any atom is 0.159 e. The zero-order valence-corrected chi connectivity index (χ0v) is 14.0. The van der Waals surface area contributed by atoms with Crippen LogP contribution in [0.2, 0.25) is 0 Å². The summed E-state index contributed by atoms with van der Waals surface area (Å²) < 4.78 is 0. The molecule has 0 spiro atoms. The Morgan fingerprint density at radius 3 is 2.08 bits per heavy atom. The van der Waals surface area contributed by atoms with Crippen molar-refractivity contribution < 1.29 is 9.59 Å². The lowest BCUT2D eigenvalue weighted by molar-refractivity contribution is -0.120. The van der Waals surface area contributed by atoms with E-state index in [1.807, 2.05) is 66.7 Å². The molecule has 0 fully saturated rings. The number of hydrogen-bond donors (Lipinski definition) is 0. The molecule has 1 unspecified atom stereocenters. The summed E-state index contributed by atoms with van der Waals surface area (Å²) in [5.74, 6) is 0.210. The molecular formula is C22H20O2. The molecule has 0 aliphatic heterocycles. The number of benzene rings is 2. The van der Waals surface area contributed by atoms with Crippen LogP contribution in [-0.2, 0) is 10.2 Å². The van der Waals surface area contributed by atoms with Gasteiger partial charge in [0.2, 0.25) is 0 Å². The lowest BCUT2D eigenvalue weighted by Gasteiger charge is -2.30. The van der Waals surface area contributed by atoms with Crippen LogP contribution in [0.3, 0.4) is 0 Å². The fourth-order valence-corrected chi connectivity index (χ4v) is 3.16. The fraction of sp³-hybridized carbons (Fsp3) is 0.182. The Morgan fingerprint density at radius 2 is 1.58 bits per heavy atom. The number of rotatable bonds is 4. The predicted octanol–water partition coefficient (Wildman–Crippen LogP) is 4.76. The molecule has 2 aromatic carbocycles. The number of carbonyl (C=O) groups excluding carboxylic acids is 2. The Labute approximate surface area is 142 Å². The number of allylic oxidation sites excluding steroid dienone is 4. The second kappa shape index (κ2) is 6.40. The third-order valence-electron chi connectivity index (χ3n) is 4.73. The molecule has 0 saturated carbocycles. The molecular weight excluding hydrogens is 296 g/mol. The Kier molecular flexibility index (Phi) is 4.30. The molecule has 0 amide bonds. The van der Waals surface area contributed by atoms with Gasteiger partial charge in [-0.05, 0) is 37.0 Å². The quantitative estimate of drug-likeness (QED) is 0.762. The minimum atomic E-state index is -0.579. The monoisotopic (exact) mass is 316 g/mol. The number of hydrogen-bond acceptors (Lipinski definition) is 2. The molecule has 0 aromatic heterocycles. The maximum absolute atomic E-state index is 12.4. The summed E-state index contributed by atoms with van der Waals surface area (Å²) in [4.78, 5) is 23.7. The Bertz CT molecular complexity index is 826. The zero-order valence-electron chi connectivity index (χ0n) is 14.0. The van der Waals surface area contributed by atoms with Gasteiger partial charge in [0.1, 0.15) is 5.78 Å². The molecule has 0 N–H and O–H groups in total. The molecule has 1 aliphatic carbocycles. The van der Waals surface area contributed by atoms with Crippen molar-refractivity contribution in [2.75, 3.05) is 0 Å². The topological polar surface area (TPSA) is 34.1 Å². The van der Waals surface area contributed by atoms with Crippen molar-refractivity contribution >= 4 is 17.1 Å². The summed E-state index contributed by atoms with van der Waals surface area (Å²) in [6.45, 7) is 3.22. The normalized spacial score (nSPS) is 19.7. The SMILES string of the molecule is CC(=O)c1ccc(C2=CCC(C(C)=O)(c3ccccc3)C=C2)cc1. The fourth-order valence-electron chi connectivity index (χ4n) is 3.16. The maximum atomic E-state index is 12.4. The van der Waals surface area contributed by atoms with E-state index in [9.17, 15) is 9.59 Å². The molecule has 2 aromatic rings. The highest BCUT2D eigenvalue weighted by Crippen LogP contribution is 2.37. The third-order valence-corrected chi connectivity index (χ3v) is 4.73. The van der Waals surface area contributed by atoms with Gasteiger partial charge in [0, 0.05) is 5.56 Å². The smallest absolute Gasteiger partial charge is 0.159 e. The molecule has 3 rings (SSSR count). The molecule has 2 nitrogen and oxygen atoms in total. The van der Waals surface area contributed by atoms with E-state index in [0.29, 0.717) is 12.0 Å². The van der Waals surface area contributed by atoms with Crippen molar-refractivity contribution in [2.45, 2.75) is 25.7 Å². The van der Waals surface area contributed by atoms with Crippen molar-refractivity contribution in [2.24, 2.45) is 0 Å². The highest BCUT2D eigenvalue weighted by atomic mass is 16.1. The summed E-state index contributed by atoms with van der Waals surface area (Å²) in [5, 5.41) is 0. The number of Topliss-reactive ketones (excluding diaryl/α,β-unsaturated/α-hetero) is 2. The first-order valence-electron chi connectivity index (χ1n) is 8.10. The second-order valence-electron chi connectivity index (χ2n) is 6.22. The van der Waals surface area contributed by atoms with E-state index in [-0.39, 0.29) is 11.6 Å². The summed E-state index contributed by atoms with van der Waals surface area (Å²) in [7, 11) is 0. The van der Waals surface area contributed by atoms with Gasteiger partial charge in [-0.1, -0.05) is 72.8 Å². The van der Waals surface area contributed by atoms with E-state index >= 15 is 0 Å². The van der Waals surface area contributed by atoms with E-state index in [1.165, 1.54) is 0 Å². The zero-order chi connectivity index (χ0) is 17.2. The first kappa shape index (κ1) is 16.1. The molecule has 1 aliphatic rings. The largest absolute Gasteiger partial charge is 0.299 e. The van der Waals surface area contributed by atoms with E-state index in [0.717, 1.165) is 16.7 Å². The molecule has 0 bridgehead atoms. The van der Waals surface area contributed by atoms with Gasteiger partial charge in [0.25, 0.3) is 0 Å². The molecule has 0 heterocycles. The molecule has 2 heteroatoms. The van der Waals surface area contributed by atoms with Crippen molar-refractivity contribution in [1.82, 2.24) is 0 Å². The van der Waals surface area contributed by atoms with E-state index in [2.05, 4.69) is 6.08 Å². The van der Waals surface area contributed by atoms with Gasteiger partial charge in [-0.25, -0.2) is 0 Å². The van der Waals surface area contributed by atoms with Gasteiger partial charge in [0.15, 0.2) is 5.78 Å². The Balaban J connectivity index is 1.91. The summed E-state index contributed by atoms with van der Waals surface area (Å²) in [5.41, 5.74) is 3.29. The van der Waals surface area contributed by atoms with Gasteiger partial charge >= 0.3 is 0 Å². The molecule has 1 atom stereocenters. The second-order valence-corrected chi connectivity index (χ2v) is 6.22. The van der Waals surface area contributed by atoms with E-state index < -0.39 is 5.41 Å². The lowest BCUT2D eigenvalue weighted by atomic mass is 9.71. The van der Waals surface area contributed by atoms with Crippen LogP contribution in [0.15, 0.2) is 72.8 Å². The first-order chi connectivity index (χ1) is 11.5. The van der Waals surface area contributed by atoms with Gasteiger partial charge in [-0.15, -0.1) is 0 Å². The Morgan fingerprint density at radius 1 is 0.917 bits per heavy atom. The minimum Gasteiger partial charge on any atom is -0.299 e. The van der Waals surface area contributed by atoms with Crippen molar-refractivity contribution in [1.29, 1.82) is 0 Å². The van der Waals surface area contributed by atoms with E-state index in [4.69, 9.17) is 0 Å². The van der Waals surface area contributed by atoms with Crippen molar-refractivity contribution in [3.8, 4) is 0 Å². The van der Waals surface area contributed by atoms with Crippen LogP contribution in [0.25, 0.3) is 5.57 Å². The van der Waals surface area contributed by atoms with Crippen LogP contribution in [0.1, 0.15) is 41.8 Å². The standard InChI is InChI=1S/C22H20O2/c1-16(23)18-8-10-19(11-9-18)20-12-14-22(15-13-20,17(2)24)21-6-4-3-5-7-21/h3-14H,15H2,1-2H3. The highest BCUT2D eigenvalue weighted by molar-refractivity contribution is 5.95. The summed E-state index contributed by atoms with van der Waals surface area (Å²) in [6, 6.07) is 17.5. The number of ketones is 2. The van der Waals surface area contributed by atoms with E-state index in [1.54, 1.807) is 13.8 Å². The average molecular weight is 316 g/mol. The first-order valence-corrected chi connectivity index (χ1v) is 8.10. The lowest BCUT2D eigenvalue weighted by Crippen LogP contribution is -2.32. The van der Waals surface area contributed by atoms with Crippen LogP contribution < -0.4 is 0 Å². The minimum absolute atomic E-state index is 0.0643. The third kappa shape index (κ3) is 2.88. The van der Waals surface area contributed by atoms with Crippen molar-refractivity contribution in [3.63, 3.8) is 0 Å². The van der Waals surface area contributed by atoms with Crippen LogP contribution >= 0.6 is 0 Å². The molecule has 120 valence electrons. The predicted molar refractivity (Wildman–Crippen MR) is 97.0 cm³/mol. The van der Waals surface area contributed by atoms with Crippen LogP contribution in [-0.4, -0.2) is 11.6 Å². The number of carbonyl (C=O) groups is 2. The summed E-state index contributed by atoms with van der Waals surface area (Å²) in [6.07, 6.45) is 6.78. The molecule has 0 saturated heterocycles. The van der Waals surface area contributed by atoms with Gasteiger partial charge in [0.05, 0.1) is 5.41 Å². The average Bonchev–Trinajstić information content (AvgIpc) is 2.62.